The fourth-order valence-electron chi connectivity index (χ4n) is 8.02. The number of hydrogen-bond acceptors (Lipinski definition) is 8. The normalized spacial score (nSPS) is 21.3. The number of carbonyl (C=O) groups is 1. The molecule has 250 valence electrons. The first kappa shape index (κ1) is 33.0. The van der Waals surface area contributed by atoms with E-state index in [1.807, 2.05) is 25.1 Å². The number of nitrogens with two attached hydrogens (primary N) is 1. The van der Waals surface area contributed by atoms with Gasteiger partial charge < -0.3 is 16.4 Å². The zero-order valence-corrected chi connectivity index (χ0v) is 28.3. The maximum Gasteiger partial charge on any atom is 0.258 e. The van der Waals surface area contributed by atoms with E-state index in [0.29, 0.717) is 46.5 Å². The van der Waals surface area contributed by atoms with E-state index in [4.69, 9.17) is 10.8 Å². The van der Waals surface area contributed by atoms with E-state index in [2.05, 4.69) is 49.1 Å². The van der Waals surface area contributed by atoms with Crippen LogP contribution in [0.5, 0.6) is 0 Å². The highest BCUT2D eigenvalue weighted by atomic mass is 16.1. The Hall–Kier alpha value is -3.92. The molecule has 0 bridgehead atoms. The molecule has 2 fully saturated rings. The highest BCUT2D eigenvalue weighted by Crippen LogP contribution is 2.47. The van der Waals surface area contributed by atoms with Gasteiger partial charge in [-0.15, -0.1) is 0 Å². The quantitative estimate of drug-likeness (QED) is 0.114. The molecule has 47 heavy (non-hydrogen) atoms. The molecule has 4 aromatic rings. The molecule has 1 saturated heterocycles. The number of nitrogens with zero attached hydrogens (tertiary/aromatic N) is 6. The lowest BCUT2D eigenvalue weighted by atomic mass is 9.84. The van der Waals surface area contributed by atoms with Gasteiger partial charge in [-0.3, -0.25) is 9.78 Å². The van der Waals surface area contributed by atoms with Gasteiger partial charge in [0.2, 0.25) is 0 Å². The van der Waals surface area contributed by atoms with Crippen LogP contribution in [-0.4, -0.2) is 48.2 Å². The summed E-state index contributed by atoms with van der Waals surface area (Å²) in [6.45, 7) is 7.65. The molecule has 10 nitrogen and oxygen atoms in total. The van der Waals surface area contributed by atoms with Crippen molar-refractivity contribution < 1.29 is 4.79 Å². The van der Waals surface area contributed by atoms with E-state index in [0.717, 1.165) is 41.9 Å². The van der Waals surface area contributed by atoms with Gasteiger partial charge in [0.15, 0.2) is 5.65 Å². The Labute approximate surface area is 278 Å². The number of amides is 1. The predicted molar refractivity (Wildman–Crippen MR) is 188 cm³/mol. The fourth-order valence-corrected chi connectivity index (χ4v) is 8.02. The first-order valence-corrected chi connectivity index (χ1v) is 17.9. The molecule has 0 radical (unpaired) electrons. The molecule has 5 heterocycles. The highest BCUT2D eigenvalue weighted by Gasteiger charge is 2.45. The molecular formula is C37H51N9O. The van der Waals surface area contributed by atoms with Crippen molar-refractivity contribution in [2.24, 2.45) is 17.8 Å². The van der Waals surface area contributed by atoms with Gasteiger partial charge in [-0.2, -0.15) is 5.10 Å². The lowest BCUT2D eigenvalue weighted by Gasteiger charge is -2.25. The minimum Gasteiger partial charge on any atom is -0.383 e. The molecule has 1 saturated carbocycles. The summed E-state index contributed by atoms with van der Waals surface area (Å²) < 4.78 is 2.09. The fraction of sp³-hybridized carbons (Fsp3) is 0.568. The van der Waals surface area contributed by atoms with Crippen molar-refractivity contribution in [3.05, 3.63) is 54.1 Å². The number of pyridine rings is 2. The first-order chi connectivity index (χ1) is 22.9. The second-order valence-electron chi connectivity index (χ2n) is 13.9. The van der Waals surface area contributed by atoms with E-state index in [-0.39, 0.29) is 11.9 Å². The number of nitrogen functional groups attached to an aromatic ring is 1. The van der Waals surface area contributed by atoms with Crippen LogP contribution < -0.4 is 16.4 Å². The smallest absolute Gasteiger partial charge is 0.258 e. The third kappa shape index (κ3) is 7.64. The van der Waals surface area contributed by atoms with Crippen LogP contribution in [0, 0.1) is 24.7 Å². The summed E-state index contributed by atoms with van der Waals surface area (Å²) in [4.78, 5) is 30.7. The van der Waals surface area contributed by atoms with Gasteiger partial charge >= 0.3 is 0 Å². The zero-order valence-electron chi connectivity index (χ0n) is 28.3. The summed E-state index contributed by atoms with van der Waals surface area (Å²) >= 11 is 0. The van der Waals surface area contributed by atoms with Crippen molar-refractivity contribution in [1.82, 2.24) is 35.0 Å². The second kappa shape index (κ2) is 15.3. The molecule has 5 atom stereocenters. The van der Waals surface area contributed by atoms with E-state index in [1.165, 1.54) is 70.5 Å². The summed E-state index contributed by atoms with van der Waals surface area (Å²) in [6.07, 6.45) is 20.3. The summed E-state index contributed by atoms with van der Waals surface area (Å²) in [7, 11) is 0. The molecule has 1 aliphatic heterocycles. The van der Waals surface area contributed by atoms with Gasteiger partial charge in [0.1, 0.15) is 23.7 Å². The van der Waals surface area contributed by atoms with Crippen molar-refractivity contribution in [3.63, 3.8) is 0 Å². The lowest BCUT2D eigenvalue weighted by Crippen LogP contribution is -2.30. The van der Waals surface area contributed by atoms with Crippen LogP contribution in [0.25, 0.3) is 22.4 Å². The van der Waals surface area contributed by atoms with E-state index >= 15 is 0 Å². The molecule has 2 aliphatic rings. The van der Waals surface area contributed by atoms with Gasteiger partial charge in [-0.1, -0.05) is 71.6 Å². The summed E-state index contributed by atoms with van der Waals surface area (Å²) in [5, 5.41) is 12.6. The summed E-state index contributed by atoms with van der Waals surface area (Å²) in [5.41, 5.74) is 9.94. The zero-order chi connectivity index (χ0) is 32.8. The molecule has 0 spiro atoms. The number of aryl methyl sites for hydroxylation is 1. The number of fused-ring (bicyclic) bond motifs is 2. The molecule has 1 amide bonds. The molecule has 6 rings (SSSR count). The van der Waals surface area contributed by atoms with Crippen LogP contribution in [0.1, 0.15) is 113 Å². The summed E-state index contributed by atoms with van der Waals surface area (Å²) in [5.74, 6) is 2.71. The van der Waals surface area contributed by atoms with Crippen molar-refractivity contribution in [2.75, 3.05) is 17.6 Å². The van der Waals surface area contributed by atoms with Crippen LogP contribution in [0.15, 0.2) is 43.0 Å². The number of anilines is 2. The highest BCUT2D eigenvalue weighted by molar-refractivity contribution is 6.04. The van der Waals surface area contributed by atoms with E-state index in [9.17, 15) is 4.79 Å². The average molecular weight is 638 g/mol. The molecule has 1 aliphatic carbocycles. The Balaban J connectivity index is 1.15. The van der Waals surface area contributed by atoms with Crippen LogP contribution in [0.4, 0.5) is 11.6 Å². The SMILES string of the molecule is CCCCCCCCC(CCC)CC1NCC2CC(n3nc(-c4ccc(C(=O)Nc5cc(C)ccn5)cn4)c4c(N)ncnc43)CC21. The van der Waals surface area contributed by atoms with Crippen molar-refractivity contribution in [1.29, 1.82) is 0 Å². The maximum atomic E-state index is 12.9. The van der Waals surface area contributed by atoms with Crippen LogP contribution in [-0.2, 0) is 0 Å². The van der Waals surface area contributed by atoms with Gasteiger partial charge in [-0.25, -0.2) is 19.6 Å². The Bertz CT molecular complexity index is 1630. The molecule has 4 aromatic heterocycles. The summed E-state index contributed by atoms with van der Waals surface area (Å²) in [6, 6.07) is 8.11. The lowest BCUT2D eigenvalue weighted by molar-refractivity contribution is 0.102. The second-order valence-corrected chi connectivity index (χ2v) is 13.9. The number of aromatic nitrogens is 6. The van der Waals surface area contributed by atoms with Gasteiger partial charge in [0.05, 0.1) is 22.7 Å². The predicted octanol–water partition coefficient (Wildman–Crippen LogP) is 7.52. The number of unbranched alkanes of at least 4 members (excludes halogenated alkanes) is 5. The Kier molecular flexibility index (Phi) is 10.8. The number of carbonyl (C=O) groups excluding carboxylic acids is 1. The number of nitrogens with one attached hydrogen (secondary N) is 2. The van der Waals surface area contributed by atoms with Crippen LogP contribution in [0.3, 0.4) is 0 Å². The third-order valence-electron chi connectivity index (χ3n) is 10.4. The standard InChI is InChI=1S/C37H51N9O/c1-4-6-7-8-9-10-12-25(11-5-2)18-31-29-20-28(19-27(29)22-41-31)46-36-33(35(38)42-23-43-36)34(45-46)30-14-13-26(21-40-30)37(47)44-32-17-24(3)15-16-39-32/h13-17,21,23,25,27-29,31,41H,4-12,18-20,22H2,1-3H3,(H2,38,42,43)(H,39,44,47). The van der Waals surface area contributed by atoms with Crippen LogP contribution >= 0.6 is 0 Å². The molecular weight excluding hydrogens is 586 g/mol. The Morgan fingerprint density at radius 1 is 1.02 bits per heavy atom. The van der Waals surface area contributed by atoms with Gasteiger partial charge in [0, 0.05) is 18.4 Å². The Morgan fingerprint density at radius 2 is 1.87 bits per heavy atom. The first-order valence-electron chi connectivity index (χ1n) is 17.9. The monoisotopic (exact) mass is 637 g/mol. The Morgan fingerprint density at radius 3 is 2.66 bits per heavy atom. The molecule has 0 aromatic carbocycles. The maximum absolute atomic E-state index is 12.9. The minimum absolute atomic E-state index is 0.246. The largest absolute Gasteiger partial charge is 0.383 e. The average Bonchev–Trinajstić information content (AvgIpc) is 3.77. The number of rotatable bonds is 15. The van der Waals surface area contributed by atoms with Crippen LogP contribution in [0.2, 0.25) is 0 Å². The molecule has 5 unspecified atom stereocenters. The minimum atomic E-state index is -0.269. The van der Waals surface area contributed by atoms with Crippen molar-refractivity contribution >= 4 is 28.6 Å². The molecule has 10 heteroatoms. The van der Waals surface area contributed by atoms with E-state index < -0.39 is 0 Å². The van der Waals surface area contributed by atoms with Crippen molar-refractivity contribution in [2.45, 2.75) is 110 Å². The molecule has 4 N–H and O–H groups in total. The topological polar surface area (TPSA) is 137 Å². The number of hydrogen-bond donors (Lipinski definition) is 3. The van der Waals surface area contributed by atoms with Gasteiger partial charge in [-0.05, 0) is 80.3 Å². The third-order valence-corrected chi connectivity index (χ3v) is 10.4. The van der Waals surface area contributed by atoms with E-state index in [1.54, 1.807) is 18.5 Å². The van der Waals surface area contributed by atoms with Crippen molar-refractivity contribution in [3.8, 4) is 11.4 Å². The van der Waals surface area contributed by atoms with Gasteiger partial charge in [0.25, 0.3) is 5.91 Å².